The first-order chi connectivity index (χ1) is 8.61. The quantitative estimate of drug-likeness (QED) is 0.750. The Hall–Kier alpha value is -1.96. The molecule has 1 fully saturated rings. The van der Waals surface area contributed by atoms with Gasteiger partial charge in [0.2, 0.25) is 0 Å². The van der Waals surface area contributed by atoms with Gasteiger partial charge >= 0.3 is 0 Å². The summed E-state index contributed by atoms with van der Waals surface area (Å²) in [6.07, 6.45) is 1.53. The number of carbonyl (C=O) groups is 1. The smallest absolute Gasteiger partial charge is 0.255 e. The normalized spacial score (nSPS) is 16.4. The fraction of sp³-hybridized carbons (Fsp3) is 0.538. The Morgan fingerprint density at radius 1 is 1.39 bits per heavy atom. The third-order valence-electron chi connectivity index (χ3n) is 3.30. The molecule has 94 valence electrons. The Bertz CT molecular complexity index is 498. The maximum atomic E-state index is 12.3. The summed E-state index contributed by atoms with van der Waals surface area (Å²) in [5.41, 5.74) is 2.03. The van der Waals surface area contributed by atoms with Gasteiger partial charge in [0.15, 0.2) is 0 Å². The SMILES string of the molecule is Cc1cc(C(=O)N2CCC(C#N)CC2)c(C)nn1. The Balaban J connectivity index is 2.13. The minimum Gasteiger partial charge on any atom is -0.338 e. The van der Waals surface area contributed by atoms with Crippen molar-refractivity contribution in [3.63, 3.8) is 0 Å². The molecule has 0 unspecified atom stereocenters. The lowest BCUT2D eigenvalue weighted by Crippen LogP contribution is -2.38. The number of aromatic nitrogens is 2. The molecule has 2 rings (SSSR count). The molecule has 1 aromatic heterocycles. The molecule has 0 radical (unpaired) electrons. The summed E-state index contributed by atoms with van der Waals surface area (Å²) in [5, 5.41) is 16.7. The molecule has 1 aromatic rings. The van der Waals surface area contributed by atoms with Gasteiger partial charge < -0.3 is 4.90 Å². The van der Waals surface area contributed by atoms with Crippen molar-refractivity contribution in [3.8, 4) is 6.07 Å². The minimum atomic E-state index is 0.00175. The van der Waals surface area contributed by atoms with E-state index in [0.717, 1.165) is 18.5 Å². The van der Waals surface area contributed by atoms with Crippen LogP contribution in [0.15, 0.2) is 6.07 Å². The molecule has 1 aliphatic heterocycles. The minimum absolute atomic E-state index is 0.00175. The lowest BCUT2D eigenvalue weighted by Gasteiger charge is -2.29. The highest BCUT2D eigenvalue weighted by atomic mass is 16.2. The number of aryl methyl sites for hydroxylation is 2. The maximum absolute atomic E-state index is 12.3. The Labute approximate surface area is 106 Å². The van der Waals surface area contributed by atoms with Crippen molar-refractivity contribution in [1.82, 2.24) is 15.1 Å². The van der Waals surface area contributed by atoms with Gasteiger partial charge in [-0.2, -0.15) is 15.5 Å². The zero-order valence-corrected chi connectivity index (χ0v) is 10.7. The van der Waals surface area contributed by atoms with E-state index in [0.29, 0.717) is 24.3 Å². The van der Waals surface area contributed by atoms with Crippen LogP contribution in [0, 0.1) is 31.1 Å². The number of hydrogen-bond acceptors (Lipinski definition) is 4. The molecule has 5 heteroatoms. The van der Waals surface area contributed by atoms with Crippen LogP contribution in [0.5, 0.6) is 0 Å². The third-order valence-corrected chi connectivity index (χ3v) is 3.30. The van der Waals surface area contributed by atoms with Crippen LogP contribution >= 0.6 is 0 Å². The monoisotopic (exact) mass is 244 g/mol. The fourth-order valence-corrected chi connectivity index (χ4v) is 2.15. The van der Waals surface area contributed by atoms with Gasteiger partial charge in [0, 0.05) is 19.0 Å². The van der Waals surface area contributed by atoms with Crippen molar-refractivity contribution in [2.45, 2.75) is 26.7 Å². The second-order valence-electron chi connectivity index (χ2n) is 4.68. The summed E-state index contributed by atoms with van der Waals surface area (Å²) in [6, 6.07) is 4.04. The summed E-state index contributed by atoms with van der Waals surface area (Å²) in [7, 11) is 0. The van der Waals surface area contributed by atoms with E-state index in [1.54, 1.807) is 17.9 Å². The lowest BCUT2D eigenvalue weighted by atomic mass is 9.98. The second-order valence-corrected chi connectivity index (χ2v) is 4.68. The summed E-state index contributed by atoms with van der Waals surface area (Å²) in [5.74, 6) is 0.0920. The number of hydrogen-bond donors (Lipinski definition) is 0. The number of amides is 1. The predicted molar refractivity (Wildman–Crippen MR) is 65.7 cm³/mol. The van der Waals surface area contributed by atoms with E-state index in [1.807, 2.05) is 6.92 Å². The number of rotatable bonds is 1. The van der Waals surface area contributed by atoms with Crippen LogP contribution in [-0.2, 0) is 0 Å². The van der Waals surface area contributed by atoms with Crippen molar-refractivity contribution in [3.05, 3.63) is 23.0 Å². The van der Waals surface area contributed by atoms with Crippen molar-refractivity contribution in [1.29, 1.82) is 5.26 Å². The number of nitrogens with zero attached hydrogens (tertiary/aromatic N) is 4. The van der Waals surface area contributed by atoms with Crippen LogP contribution in [0.4, 0.5) is 0 Å². The summed E-state index contributed by atoms with van der Waals surface area (Å²) < 4.78 is 0. The molecule has 5 nitrogen and oxygen atoms in total. The molecule has 0 N–H and O–H groups in total. The number of nitriles is 1. The molecule has 0 saturated carbocycles. The van der Waals surface area contributed by atoms with E-state index in [4.69, 9.17) is 5.26 Å². The molecule has 1 aliphatic rings. The molecular formula is C13H16N4O. The van der Waals surface area contributed by atoms with Crippen LogP contribution < -0.4 is 0 Å². The van der Waals surface area contributed by atoms with Gasteiger partial charge in [0.05, 0.1) is 23.0 Å². The van der Waals surface area contributed by atoms with Crippen LogP contribution in [0.2, 0.25) is 0 Å². The highest BCUT2D eigenvalue weighted by Crippen LogP contribution is 2.19. The van der Waals surface area contributed by atoms with Crippen molar-refractivity contribution in [2.24, 2.45) is 5.92 Å². The number of piperidine rings is 1. The van der Waals surface area contributed by atoms with E-state index in [-0.39, 0.29) is 11.8 Å². The topological polar surface area (TPSA) is 69.9 Å². The zero-order chi connectivity index (χ0) is 13.1. The average molecular weight is 244 g/mol. The van der Waals surface area contributed by atoms with E-state index < -0.39 is 0 Å². The van der Waals surface area contributed by atoms with Gasteiger partial charge in [-0.1, -0.05) is 0 Å². The lowest BCUT2D eigenvalue weighted by molar-refractivity contribution is 0.0705. The Morgan fingerprint density at radius 3 is 2.67 bits per heavy atom. The highest BCUT2D eigenvalue weighted by molar-refractivity contribution is 5.95. The summed E-state index contributed by atoms with van der Waals surface area (Å²) in [6.45, 7) is 4.92. The standard InChI is InChI=1S/C13H16N4O/c1-9-7-12(10(2)16-15-9)13(18)17-5-3-11(8-14)4-6-17/h7,11H,3-6H2,1-2H3. The number of carbonyl (C=O) groups excluding carboxylic acids is 1. The van der Waals surface area contributed by atoms with E-state index in [2.05, 4.69) is 16.3 Å². The summed E-state index contributed by atoms with van der Waals surface area (Å²) >= 11 is 0. The first-order valence-electron chi connectivity index (χ1n) is 6.11. The Morgan fingerprint density at radius 2 is 2.06 bits per heavy atom. The molecular weight excluding hydrogens is 228 g/mol. The maximum Gasteiger partial charge on any atom is 0.255 e. The molecule has 1 saturated heterocycles. The van der Waals surface area contributed by atoms with E-state index >= 15 is 0 Å². The van der Waals surface area contributed by atoms with E-state index in [1.165, 1.54) is 0 Å². The van der Waals surface area contributed by atoms with Crippen LogP contribution in [0.3, 0.4) is 0 Å². The molecule has 0 atom stereocenters. The van der Waals surface area contributed by atoms with Crippen LogP contribution in [0.25, 0.3) is 0 Å². The largest absolute Gasteiger partial charge is 0.338 e. The van der Waals surface area contributed by atoms with Gasteiger partial charge in [-0.15, -0.1) is 0 Å². The second kappa shape index (κ2) is 5.13. The first-order valence-corrected chi connectivity index (χ1v) is 6.11. The molecule has 1 amide bonds. The van der Waals surface area contributed by atoms with Gasteiger partial charge in [-0.3, -0.25) is 4.79 Å². The fourth-order valence-electron chi connectivity index (χ4n) is 2.15. The van der Waals surface area contributed by atoms with Crippen LogP contribution in [-0.4, -0.2) is 34.1 Å². The molecule has 0 aromatic carbocycles. The molecule has 0 bridgehead atoms. The highest BCUT2D eigenvalue weighted by Gasteiger charge is 2.24. The third kappa shape index (κ3) is 2.48. The van der Waals surface area contributed by atoms with E-state index in [9.17, 15) is 4.79 Å². The van der Waals surface area contributed by atoms with Crippen molar-refractivity contribution in [2.75, 3.05) is 13.1 Å². The summed E-state index contributed by atoms with van der Waals surface area (Å²) in [4.78, 5) is 14.1. The van der Waals surface area contributed by atoms with Crippen molar-refractivity contribution >= 4 is 5.91 Å². The first kappa shape index (κ1) is 12.5. The zero-order valence-electron chi connectivity index (χ0n) is 10.7. The predicted octanol–water partition coefficient (Wildman–Crippen LogP) is 1.47. The molecule has 0 spiro atoms. The molecule has 18 heavy (non-hydrogen) atoms. The van der Waals surface area contributed by atoms with Gasteiger partial charge in [-0.25, -0.2) is 0 Å². The van der Waals surface area contributed by atoms with Gasteiger partial charge in [-0.05, 0) is 32.8 Å². The van der Waals surface area contributed by atoms with Gasteiger partial charge in [0.1, 0.15) is 0 Å². The van der Waals surface area contributed by atoms with Crippen molar-refractivity contribution < 1.29 is 4.79 Å². The average Bonchev–Trinajstić information content (AvgIpc) is 2.41. The van der Waals surface area contributed by atoms with Crippen LogP contribution in [0.1, 0.15) is 34.6 Å². The number of likely N-dealkylation sites (tertiary alicyclic amines) is 1. The molecule has 0 aliphatic carbocycles. The Kier molecular flexibility index (Phi) is 3.56. The van der Waals surface area contributed by atoms with Gasteiger partial charge in [0.25, 0.3) is 5.91 Å². The molecule has 2 heterocycles.